The average Bonchev–Trinajstić information content (AvgIpc) is 2.63. The van der Waals surface area contributed by atoms with Crippen molar-refractivity contribution >= 4 is 34.6 Å². The summed E-state index contributed by atoms with van der Waals surface area (Å²) in [5.41, 5.74) is 1.14. The molecule has 0 radical (unpaired) electrons. The molecule has 1 aromatic heterocycles. The molecule has 1 aromatic carbocycles. The number of ketones is 2. The number of rotatable bonds is 6. The van der Waals surface area contributed by atoms with Gasteiger partial charge in [0.15, 0.2) is 16.7 Å². The van der Waals surface area contributed by atoms with Crippen LogP contribution in [0.15, 0.2) is 42.9 Å². The Morgan fingerprint density at radius 3 is 2.50 bits per heavy atom. The van der Waals surface area contributed by atoms with E-state index in [1.807, 2.05) is 0 Å². The number of nitrogens with zero attached hydrogens (tertiary/aromatic N) is 2. The Bertz CT molecular complexity index is 738. The van der Waals surface area contributed by atoms with Crippen LogP contribution < -0.4 is 10.6 Å². The molecule has 0 aliphatic carbocycles. The van der Waals surface area contributed by atoms with Crippen molar-refractivity contribution in [2.24, 2.45) is 0 Å². The molecule has 2 aromatic rings. The molecule has 0 saturated carbocycles. The van der Waals surface area contributed by atoms with Crippen molar-refractivity contribution in [2.75, 3.05) is 19.0 Å². The van der Waals surface area contributed by atoms with E-state index in [2.05, 4.69) is 20.6 Å². The molecule has 24 heavy (non-hydrogen) atoms. The number of halogens is 1. The Kier molecular flexibility index (Phi) is 6.02. The number of thiocarbonyl (C=S) groups is 1. The topological polar surface area (TPSA) is 84.0 Å². The van der Waals surface area contributed by atoms with Gasteiger partial charge >= 0.3 is 0 Å². The number of carbonyl (C=O) groups excluding carboxylic acids is 2. The Hall–Kier alpha value is -2.74. The molecule has 2 rings (SSSR count). The van der Waals surface area contributed by atoms with Gasteiger partial charge in [-0.1, -0.05) is 0 Å². The third-order valence-electron chi connectivity index (χ3n) is 3.27. The second kappa shape index (κ2) is 8.21. The van der Waals surface area contributed by atoms with E-state index in [-0.39, 0.29) is 11.3 Å². The van der Waals surface area contributed by atoms with E-state index in [0.29, 0.717) is 10.8 Å². The number of alkyl halides is 1. The molecule has 1 heterocycles. The minimum Gasteiger partial charge on any atom is -0.366 e. The Morgan fingerprint density at radius 2 is 1.96 bits per heavy atom. The Labute approximate surface area is 143 Å². The number of anilines is 1. The van der Waals surface area contributed by atoms with Crippen molar-refractivity contribution in [2.45, 2.75) is 5.92 Å². The molecule has 0 bridgehead atoms. The Morgan fingerprint density at radius 1 is 1.25 bits per heavy atom. The fraction of sp³-hybridized carbons (Fsp3) is 0.188. The summed E-state index contributed by atoms with van der Waals surface area (Å²) in [6.45, 7) is -1.24. The maximum atomic E-state index is 12.9. The lowest BCUT2D eigenvalue weighted by atomic mass is 9.91. The molecule has 0 aliphatic heterocycles. The van der Waals surface area contributed by atoms with Gasteiger partial charge in [-0.25, -0.2) is 14.4 Å². The van der Waals surface area contributed by atoms with E-state index >= 15 is 0 Å². The highest BCUT2D eigenvalue weighted by molar-refractivity contribution is 7.80. The molecule has 0 fully saturated rings. The van der Waals surface area contributed by atoms with Crippen molar-refractivity contribution in [3.63, 3.8) is 0 Å². The van der Waals surface area contributed by atoms with Gasteiger partial charge < -0.3 is 10.6 Å². The zero-order valence-electron chi connectivity index (χ0n) is 12.8. The molecule has 124 valence electrons. The van der Waals surface area contributed by atoms with Crippen molar-refractivity contribution in [3.8, 4) is 0 Å². The molecule has 8 heteroatoms. The second-order valence-electron chi connectivity index (χ2n) is 4.81. The molecule has 1 unspecified atom stereocenters. The quantitative estimate of drug-likeness (QED) is 0.469. The van der Waals surface area contributed by atoms with Crippen LogP contribution in [0.3, 0.4) is 0 Å². The van der Waals surface area contributed by atoms with Crippen molar-refractivity contribution in [1.82, 2.24) is 15.3 Å². The second-order valence-corrected chi connectivity index (χ2v) is 5.22. The van der Waals surface area contributed by atoms with Gasteiger partial charge in [0.05, 0.1) is 5.69 Å². The number of benzene rings is 1. The van der Waals surface area contributed by atoms with Crippen LogP contribution in [-0.4, -0.2) is 40.4 Å². The van der Waals surface area contributed by atoms with Crippen LogP contribution in [0, 0.1) is 0 Å². The van der Waals surface area contributed by atoms with Gasteiger partial charge in [0.25, 0.3) is 0 Å². The first kappa shape index (κ1) is 17.6. The van der Waals surface area contributed by atoms with Gasteiger partial charge in [0.1, 0.15) is 18.9 Å². The van der Waals surface area contributed by atoms with E-state index < -0.39 is 24.2 Å². The summed E-state index contributed by atoms with van der Waals surface area (Å²) < 4.78 is 12.9. The number of carbonyl (C=O) groups is 2. The largest absolute Gasteiger partial charge is 0.366 e. The minimum atomic E-state index is -1.28. The summed E-state index contributed by atoms with van der Waals surface area (Å²) in [5, 5.41) is 6.11. The standard InChI is InChI=1S/C16H15FN4O2S/c1-18-16(24)21-11-4-2-10(3-5-11)15(23)14(13(22)8-17)12-6-7-19-9-20-12/h2-7,9,14H,8H2,1H3,(H2,18,21,24). The summed E-state index contributed by atoms with van der Waals surface area (Å²) in [6, 6.07) is 7.81. The zero-order valence-corrected chi connectivity index (χ0v) is 13.6. The normalized spacial score (nSPS) is 11.4. The van der Waals surface area contributed by atoms with E-state index in [1.54, 1.807) is 31.3 Å². The molecular formula is C16H15FN4O2S. The third kappa shape index (κ3) is 4.17. The van der Waals surface area contributed by atoms with Crippen LogP contribution in [0.5, 0.6) is 0 Å². The van der Waals surface area contributed by atoms with Gasteiger partial charge in [-0.15, -0.1) is 0 Å². The van der Waals surface area contributed by atoms with E-state index in [0.717, 1.165) is 0 Å². The minimum absolute atomic E-state index is 0.177. The summed E-state index contributed by atoms with van der Waals surface area (Å²) in [6.07, 6.45) is 2.62. The average molecular weight is 346 g/mol. The van der Waals surface area contributed by atoms with Crippen LogP contribution in [0.2, 0.25) is 0 Å². The maximum absolute atomic E-state index is 12.9. The van der Waals surface area contributed by atoms with Crippen molar-refractivity contribution in [1.29, 1.82) is 0 Å². The van der Waals surface area contributed by atoms with Crippen LogP contribution >= 0.6 is 12.2 Å². The van der Waals surface area contributed by atoms with Crippen LogP contribution in [-0.2, 0) is 4.79 Å². The Balaban J connectivity index is 2.27. The third-order valence-corrected chi connectivity index (χ3v) is 3.58. The van der Waals surface area contributed by atoms with E-state index in [4.69, 9.17) is 12.2 Å². The molecule has 2 N–H and O–H groups in total. The monoisotopic (exact) mass is 346 g/mol. The van der Waals surface area contributed by atoms with Crippen LogP contribution in [0.4, 0.5) is 10.1 Å². The van der Waals surface area contributed by atoms with Gasteiger partial charge in [0, 0.05) is 24.5 Å². The molecule has 0 aliphatic rings. The number of Topliss-reactive ketones (excluding diaryl/α,β-unsaturated/α-hetero) is 2. The lowest BCUT2D eigenvalue weighted by Crippen LogP contribution is -2.25. The van der Waals surface area contributed by atoms with Crippen LogP contribution in [0.1, 0.15) is 22.0 Å². The SMILES string of the molecule is CNC(=S)Nc1ccc(C(=O)C(C(=O)CF)c2ccncn2)cc1. The fourth-order valence-corrected chi connectivity index (χ4v) is 2.19. The van der Waals surface area contributed by atoms with Crippen molar-refractivity contribution < 1.29 is 14.0 Å². The highest BCUT2D eigenvalue weighted by Crippen LogP contribution is 2.21. The molecule has 0 saturated heterocycles. The number of aromatic nitrogens is 2. The first-order valence-corrected chi connectivity index (χ1v) is 7.45. The van der Waals surface area contributed by atoms with Gasteiger partial charge in [-0.3, -0.25) is 9.59 Å². The predicted octanol–water partition coefficient (Wildman–Crippen LogP) is 1.90. The van der Waals surface area contributed by atoms with Gasteiger partial charge in [-0.2, -0.15) is 0 Å². The number of hydrogen-bond acceptors (Lipinski definition) is 5. The highest BCUT2D eigenvalue weighted by Gasteiger charge is 2.30. The first-order chi connectivity index (χ1) is 11.6. The maximum Gasteiger partial charge on any atom is 0.180 e. The van der Waals surface area contributed by atoms with Gasteiger partial charge in [0.2, 0.25) is 0 Å². The lowest BCUT2D eigenvalue weighted by molar-refractivity contribution is -0.120. The molecule has 1 atom stereocenters. The number of nitrogens with one attached hydrogen (secondary N) is 2. The summed E-state index contributed by atoms with van der Waals surface area (Å²) in [7, 11) is 1.68. The van der Waals surface area contributed by atoms with E-state index in [1.165, 1.54) is 18.6 Å². The first-order valence-electron chi connectivity index (χ1n) is 7.04. The number of hydrogen-bond donors (Lipinski definition) is 2. The molecular weight excluding hydrogens is 331 g/mol. The fourth-order valence-electron chi connectivity index (χ4n) is 2.07. The molecule has 6 nitrogen and oxygen atoms in total. The van der Waals surface area contributed by atoms with Crippen molar-refractivity contribution in [3.05, 3.63) is 54.1 Å². The molecule has 0 spiro atoms. The predicted molar refractivity (Wildman–Crippen MR) is 91.8 cm³/mol. The van der Waals surface area contributed by atoms with Crippen LogP contribution in [0.25, 0.3) is 0 Å². The van der Waals surface area contributed by atoms with E-state index in [9.17, 15) is 14.0 Å². The molecule has 0 amide bonds. The summed E-state index contributed by atoms with van der Waals surface area (Å²) >= 11 is 4.99. The summed E-state index contributed by atoms with van der Waals surface area (Å²) in [4.78, 5) is 32.2. The summed E-state index contributed by atoms with van der Waals surface area (Å²) in [5.74, 6) is -2.63. The van der Waals surface area contributed by atoms with Gasteiger partial charge in [-0.05, 0) is 42.5 Å². The highest BCUT2D eigenvalue weighted by atomic mass is 32.1. The smallest absolute Gasteiger partial charge is 0.180 e. The zero-order chi connectivity index (χ0) is 17.5. The lowest BCUT2D eigenvalue weighted by Gasteiger charge is -2.13.